The Morgan fingerprint density at radius 2 is 1.94 bits per heavy atom. The van der Waals surface area contributed by atoms with Gasteiger partial charge in [0.2, 0.25) is 0 Å². The zero-order valence-corrected chi connectivity index (χ0v) is 12.8. The molecule has 94 valence electrons. The van der Waals surface area contributed by atoms with Crippen molar-refractivity contribution >= 4 is 33.4 Å². The van der Waals surface area contributed by atoms with E-state index in [4.69, 9.17) is 11.6 Å². The summed E-state index contributed by atoms with van der Waals surface area (Å²) in [5.41, 5.74) is 0.643. The summed E-state index contributed by atoms with van der Waals surface area (Å²) in [5, 5.41) is 0.619. The van der Waals surface area contributed by atoms with Crippen molar-refractivity contribution in [2.24, 2.45) is 5.92 Å². The normalized spacial score (nSPS) is 12.6. The second-order valence-electron chi connectivity index (χ2n) is 4.52. The van der Waals surface area contributed by atoms with E-state index in [0.29, 0.717) is 16.5 Å². The van der Waals surface area contributed by atoms with Gasteiger partial charge in [-0.15, -0.1) is 0 Å². The zero-order chi connectivity index (χ0) is 13.2. The van der Waals surface area contributed by atoms with Crippen LogP contribution in [0.3, 0.4) is 0 Å². The average molecular weight is 319 g/mol. The molecule has 0 radical (unpaired) electrons. The minimum atomic E-state index is 0.00902. The Morgan fingerprint density at radius 1 is 1.35 bits per heavy atom. The van der Waals surface area contributed by atoms with Gasteiger partial charge in [0.25, 0.3) is 5.91 Å². The van der Waals surface area contributed by atoms with E-state index < -0.39 is 0 Å². The van der Waals surface area contributed by atoms with Gasteiger partial charge in [-0.3, -0.25) is 4.79 Å². The van der Waals surface area contributed by atoms with Crippen molar-refractivity contribution in [1.29, 1.82) is 0 Å². The van der Waals surface area contributed by atoms with Crippen LogP contribution in [0.2, 0.25) is 5.02 Å². The lowest BCUT2D eigenvalue weighted by molar-refractivity contribution is 0.0706. The first-order chi connectivity index (χ1) is 7.84. The molecule has 4 heteroatoms. The Balaban J connectivity index is 2.96. The smallest absolute Gasteiger partial charge is 0.254 e. The van der Waals surface area contributed by atoms with Crippen molar-refractivity contribution in [3.05, 3.63) is 33.3 Å². The van der Waals surface area contributed by atoms with Crippen LogP contribution in [0.15, 0.2) is 22.7 Å². The average Bonchev–Trinajstić information content (AvgIpc) is 2.26. The standard InChI is InChI=1S/C13H17BrClNO/c1-8(2)9(3)16(4)13(17)11-6-5-10(15)7-12(11)14/h5-9H,1-4H3. The van der Waals surface area contributed by atoms with E-state index >= 15 is 0 Å². The molecule has 17 heavy (non-hydrogen) atoms. The van der Waals surface area contributed by atoms with Gasteiger partial charge in [0.05, 0.1) is 5.56 Å². The summed E-state index contributed by atoms with van der Waals surface area (Å²) >= 11 is 9.23. The lowest BCUT2D eigenvalue weighted by Crippen LogP contribution is -2.38. The summed E-state index contributed by atoms with van der Waals surface area (Å²) in [5.74, 6) is 0.435. The van der Waals surface area contributed by atoms with Crippen molar-refractivity contribution in [3.63, 3.8) is 0 Å². The van der Waals surface area contributed by atoms with Crippen molar-refractivity contribution in [1.82, 2.24) is 4.90 Å². The molecule has 0 bridgehead atoms. The number of hydrogen-bond acceptors (Lipinski definition) is 1. The van der Waals surface area contributed by atoms with E-state index in [-0.39, 0.29) is 11.9 Å². The van der Waals surface area contributed by atoms with Crippen LogP contribution in [-0.4, -0.2) is 23.9 Å². The number of halogens is 2. The third-order valence-corrected chi connectivity index (χ3v) is 3.95. The second-order valence-corrected chi connectivity index (χ2v) is 5.82. The Bertz CT molecular complexity index is 420. The number of carbonyl (C=O) groups excluding carboxylic acids is 1. The fourth-order valence-corrected chi connectivity index (χ4v) is 2.34. The van der Waals surface area contributed by atoms with Crippen LogP contribution in [0, 0.1) is 5.92 Å². The van der Waals surface area contributed by atoms with Crippen LogP contribution in [0.25, 0.3) is 0 Å². The number of rotatable bonds is 3. The Morgan fingerprint density at radius 3 is 2.41 bits per heavy atom. The molecule has 0 aliphatic carbocycles. The Kier molecular flexibility index (Phi) is 5.02. The van der Waals surface area contributed by atoms with Gasteiger partial charge >= 0.3 is 0 Å². The summed E-state index contributed by atoms with van der Waals surface area (Å²) < 4.78 is 0.734. The van der Waals surface area contributed by atoms with Gasteiger partial charge in [0.1, 0.15) is 0 Å². The maximum atomic E-state index is 12.3. The molecule has 0 aromatic heterocycles. The summed E-state index contributed by atoms with van der Waals surface area (Å²) in [7, 11) is 1.83. The van der Waals surface area contributed by atoms with Gasteiger partial charge in [-0.05, 0) is 47.0 Å². The fraction of sp³-hybridized carbons (Fsp3) is 0.462. The molecule has 0 spiro atoms. The van der Waals surface area contributed by atoms with Gasteiger partial charge in [-0.25, -0.2) is 0 Å². The van der Waals surface area contributed by atoms with Crippen molar-refractivity contribution in [2.45, 2.75) is 26.8 Å². The Labute approximate surface area is 116 Å². The van der Waals surface area contributed by atoms with Gasteiger partial charge in [-0.2, -0.15) is 0 Å². The molecule has 0 fully saturated rings. The summed E-state index contributed by atoms with van der Waals surface area (Å²) in [6.45, 7) is 6.25. The van der Waals surface area contributed by atoms with Crippen LogP contribution in [0.4, 0.5) is 0 Å². The molecule has 1 aromatic carbocycles. The quantitative estimate of drug-likeness (QED) is 0.817. The van der Waals surface area contributed by atoms with E-state index in [2.05, 4.69) is 29.8 Å². The van der Waals surface area contributed by atoms with E-state index in [9.17, 15) is 4.79 Å². The third kappa shape index (κ3) is 3.46. The molecule has 2 nitrogen and oxygen atoms in total. The van der Waals surface area contributed by atoms with Crippen LogP contribution in [0.5, 0.6) is 0 Å². The van der Waals surface area contributed by atoms with Crippen molar-refractivity contribution in [2.75, 3.05) is 7.05 Å². The molecular weight excluding hydrogens is 302 g/mol. The minimum absolute atomic E-state index is 0.00902. The molecule has 0 aliphatic rings. The first kappa shape index (κ1) is 14.5. The number of carbonyl (C=O) groups is 1. The monoisotopic (exact) mass is 317 g/mol. The van der Waals surface area contributed by atoms with Gasteiger partial charge < -0.3 is 4.90 Å². The zero-order valence-electron chi connectivity index (χ0n) is 10.5. The van der Waals surface area contributed by atoms with Crippen LogP contribution >= 0.6 is 27.5 Å². The van der Waals surface area contributed by atoms with Crippen molar-refractivity contribution in [3.8, 4) is 0 Å². The van der Waals surface area contributed by atoms with E-state index in [1.54, 1.807) is 23.1 Å². The number of hydrogen-bond donors (Lipinski definition) is 0. The van der Waals surface area contributed by atoms with E-state index in [1.807, 2.05) is 14.0 Å². The third-order valence-electron chi connectivity index (χ3n) is 3.06. The summed E-state index contributed by atoms with van der Waals surface area (Å²) in [6, 6.07) is 5.42. The minimum Gasteiger partial charge on any atom is -0.339 e. The van der Waals surface area contributed by atoms with E-state index in [1.165, 1.54) is 0 Å². The maximum Gasteiger partial charge on any atom is 0.254 e. The molecule has 1 rings (SSSR count). The highest BCUT2D eigenvalue weighted by Crippen LogP contribution is 2.23. The van der Waals surface area contributed by atoms with Crippen molar-refractivity contribution < 1.29 is 4.79 Å². The van der Waals surface area contributed by atoms with Gasteiger partial charge in [0.15, 0.2) is 0 Å². The lowest BCUT2D eigenvalue weighted by atomic mass is 10.0. The summed E-state index contributed by atoms with van der Waals surface area (Å²) in [4.78, 5) is 14.0. The number of amides is 1. The summed E-state index contributed by atoms with van der Waals surface area (Å²) in [6.07, 6.45) is 0. The molecule has 0 N–H and O–H groups in total. The van der Waals surface area contributed by atoms with E-state index in [0.717, 1.165) is 4.47 Å². The Hall–Kier alpha value is -0.540. The van der Waals surface area contributed by atoms with Gasteiger partial charge in [0, 0.05) is 22.6 Å². The topological polar surface area (TPSA) is 20.3 Å². The fourth-order valence-electron chi connectivity index (χ4n) is 1.49. The number of benzene rings is 1. The van der Waals surface area contributed by atoms with Gasteiger partial charge in [-0.1, -0.05) is 25.4 Å². The highest BCUT2D eigenvalue weighted by atomic mass is 79.9. The molecule has 1 aromatic rings. The highest BCUT2D eigenvalue weighted by Gasteiger charge is 2.21. The molecular formula is C13H17BrClNO. The van der Waals surface area contributed by atoms with Crippen LogP contribution in [0.1, 0.15) is 31.1 Å². The first-order valence-electron chi connectivity index (χ1n) is 5.56. The second kappa shape index (κ2) is 5.87. The molecule has 1 unspecified atom stereocenters. The molecule has 0 saturated heterocycles. The SMILES string of the molecule is CC(C)C(C)N(C)C(=O)c1ccc(Cl)cc1Br. The highest BCUT2D eigenvalue weighted by molar-refractivity contribution is 9.10. The number of nitrogens with zero attached hydrogens (tertiary/aromatic N) is 1. The molecule has 0 heterocycles. The molecule has 1 amide bonds. The maximum absolute atomic E-state index is 12.3. The largest absolute Gasteiger partial charge is 0.339 e. The predicted molar refractivity (Wildman–Crippen MR) is 75.5 cm³/mol. The predicted octanol–water partition coefficient (Wildman–Crippen LogP) is 4.22. The molecule has 1 atom stereocenters. The first-order valence-corrected chi connectivity index (χ1v) is 6.74. The van der Waals surface area contributed by atoms with Crippen LogP contribution < -0.4 is 0 Å². The molecule has 0 aliphatic heterocycles. The van der Waals surface area contributed by atoms with Crippen LogP contribution in [-0.2, 0) is 0 Å². The lowest BCUT2D eigenvalue weighted by Gasteiger charge is -2.28. The molecule has 0 saturated carbocycles.